The van der Waals surface area contributed by atoms with E-state index in [2.05, 4.69) is 20.1 Å². The Morgan fingerprint density at radius 2 is 0.903 bits per heavy atom. The van der Waals surface area contributed by atoms with Gasteiger partial charge >= 0.3 is 35.3 Å². The van der Waals surface area contributed by atoms with Crippen LogP contribution in [-0.2, 0) is 23.7 Å². The first-order valence-electron chi connectivity index (χ1n) is 20.5. The highest BCUT2D eigenvalue weighted by Gasteiger charge is 2.28. The molecule has 4 aromatic carbocycles. The Bertz CT molecular complexity index is 2500. The number of methoxy groups -OCH3 is 2. The lowest BCUT2D eigenvalue weighted by Gasteiger charge is -2.27. The highest BCUT2D eigenvalue weighted by molar-refractivity contribution is 5.93. The normalized spacial score (nSPS) is 15.8. The maximum atomic E-state index is 14.2. The summed E-state index contributed by atoms with van der Waals surface area (Å²) in [6.45, 7) is 3.67. The first kappa shape index (κ1) is 58.1. The number of nitrogen functional groups attached to an aromatic ring is 1. The lowest BCUT2D eigenvalue weighted by atomic mass is 10.1. The van der Waals surface area contributed by atoms with Gasteiger partial charge in [0.2, 0.25) is 11.6 Å². The number of nitro benzene ring substituents is 3. The molecule has 0 spiro atoms. The van der Waals surface area contributed by atoms with E-state index in [-0.39, 0.29) is 46.9 Å². The van der Waals surface area contributed by atoms with Gasteiger partial charge in [-0.05, 0) is 49.6 Å². The average Bonchev–Trinajstić information content (AvgIpc) is 3.28. The Morgan fingerprint density at radius 1 is 0.569 bits per heavy atom. The molecule has 3 atom stereocenters. The lowest BCUT2D eigenvalue weighted by Crippen LogP contribution is -2.33. The van der Waals surface area contributed by atoms with Gasteiger partial charge in [0.15, 0.2) is 29.0 Å². The second-order valence-electron chi connectivity index (χ2n) is 14.4. The van der Waals surface area contributed by atoms with Crippen molar-refractivity contribution in [2.24, 2.45) is 5.73 Å². The predicted octanol–water partition coefficient (Wildman–Crippen LogP) is 5.99. The van der Waals surface area contributed by atoms with E-state index in [1.807, 2.05) is 0 Å². The van der Waals surface area contributed by atoms with Crippen LogP contribution >= 0.6 is 0 Å². The number of nitrogens with zero attached hydrogens (tertiary/aromatic N) is 3. The van der Waals surface area contributed by atoms with E-state index in [9.17, 15) is 75.9 Å². The van der Waals surface area contributed by atoms with Crippen molar-refractivity contribution in [2.75, 3.05) is 70.0 Å². The monoisotopic (exact) mass is 1030 g/mol. The summed E-state index contributed by atoms with van der Waals surface area (Å²) >= 11 is 0. The first-order chi connectivity index (χ1) is 34.0. The number of halogens is 6. The smallest absolute Gasteiger partial charge is 0.340 e. The summed E-state index contributed by atoms with van der Waals surface area (Å²) in [4.78, 5) is 71.4. The highest BCUT2D eigenvalue weighted by atomic mass is 19.2. The largest absolute Gasteiger partial charge is 0.478 e. The Hall–Kier alpha value is -8.22. The number of anilines is 3. The molecular formula is C42H43F6N7O17. The van der Waals surface area contributed by atoms with Crippen LogP contribution in [0.5, 0.6) is 0 Å². The van der Waals surface area contributed by atoms with Crippen LogP contribution in [0.1, 0.15) is 60.7 Å². The number of nitrogens with two attached hydrogens (primary N) is 2. The molecule has 3 heterocycles. The van der Waals surface area contributed by atoms with Crippen molar-refractivity contribution in [3.8, 4) is 0 Å². The Balaban J connectivity index is 0.000000246. The standard InChI is InChI=1S/C12H13FN2O5.C12H15FN2O3.2C7H3F2NO4.C4H9NO/c1-19-12(16)8-2-3-9(15(17)18)11(10(8)13)14-6-7-4-5-20-7;1-17-12(16)8-2-3-9(14)11(10(8)13)15-6-7-4-5-18-7;2*8-5-3(7(11)12)1-2-4(6(5)9)10(13)14;5-3-4-1-2-6-4/h2-3,7,14H,4-6H2,1H3;2-3,7,15H,4-6,14H2,1H3;2*1-2H,(H,11,12);4H,1-3,5H2/t2*7-;;;4-/m00..0/s1. The number of nitro groups is 3. The van der Waals surface area contributed by atoms with E-state index in [0.717, 1.165) is 51.7 Å². The molecule has 30 heteroatoms. The third kappa shape index (κ3) is 15.4. The molecule has 0 aromatic heterocycles. The van der Waals surface area contributed by atoms with E-state index in [1.165, 1.54) is 19.2 Å². The maximum Gasteiger partial charge on any atom is 0.340 e. The van der Waals surface area contributed by atoms with Crippen molar-refractivity contribution < 1.29 is 94.2 Å². The molecule has 3 saturated heterocycles. The van der Waals surface area contributed by atoms with Crippen molar-refractivity contribution in [1.29, 1.82) is 0 Å². The minimum atomic E-state index is -1.77. The van der Waals surface area contributed by atoms with Crippen molar-refractivity contribution in [2.45, 2.75) is 37.6 Å². The quantitative estimate of drug-likeness (QED) is 0.0277. The van der Waals surface area contributed by atoms with Gasteiger partial charge < -0.3 is 56.0 Å². The van der Waals surface area contributed by atoms with Crippen LogP contribution in [0.3, 0.4) is 0 Å². The molecule has 0 saturated carbocycles. The molecule has 24 nitrogen and oxygen atoms in total. The third-order valence-electron chi connectivity index (χ3n) is 9.94. The Kier molecular flexibility index (Phi) is 22.0. The van der Waals surface area contributed by atoms with Crippen LogP contribution in [0.4, 0.5) is 60.5 Å². The number of hydrogen-bond donors (Lipinski definition) is 6. The third-order valence-corrected chi connectivity index (χ3v) is 9.94. The zero-order valence-corrected chi connectivity index (χ0v) is 37.5. The van der Waals surface area contributed by atoms with E-state index in [0.29, 0.717) is 50.1 Å². The number of nitrogens with one attached hydrogen (secondary N) is 2. The molecule has 0 aliphatic carbocycles. The topological polar surface area (TPSA) is 360 Å². The molecule has 3 aliphatic heterocycles. The molecule has 390 valence electrons. The number of benzene rings is 4. The molecule has 4 aromatic rings. The fourth-order valence-electron chi connectivity index (χ4n) is 5.68. The van der Waals surface area contributed by atoms with Gasteiger partial charge in [0.1, 0.15) is 0 Å². The molecule has 8 N–H and O–H groups in total. The maximum absolute atomic E-state index is 14.2. The van der Waals surface area contributed by atoms with E-state index in [1.54, 1.807) is 0 Å². The number of esters is 2. The zero-order valence-electron chi connectivity index (χ0n) is 37.5. The second kappa shape index (κ2) is 27.2. The number of rotatable bonds is 14. The summed E-state index contributed by atoms with van der Waals surface area (Å²) < 4.78 is 104. The zero-order chi connectivity index (χ0) is 54.0. The van der Waals surface area contributed by atoms with Gasteiger partial charge in [0.05, 0.1) is 80.9 Å². The van der Waals surface area contributed by atoms with Crippen LogP contribution in [-0.4, -0.2) is 121 Å². The molecule has 72 heavy (non-hydrogen) atoms. The second-order valence-corrected chi connectivity index (χ2v) is 14.4. The fraction of sp³-hybridized carbons (Fsp3) is 0.333. The van der Waals surface area contributed by atoms with Gasteiger partial charge in [-0.1, -0.05) is 0 Å². The predicted molar refractivity (Wildman–Crippen MR) is 236 cm³/mol. The first-order valence-corrected chi connectivity index (χ1v) is 20.5. The van der Waals surface area contributed by atoms with Crippen molar-refractivity contribution >= 4 is 58.0 Å². The summed E-state index contributed by atoms with van der Waals surface area (Å²) in [7, 11) is 2.31. The number of carboxylic acids is 2. The van der Waals surface area contributed by atoms with Crippen LogP contribution in [0.25, 0.3) is 0 Å². The van der Waals surface area contributed by atoms with Gasteiger partial charge in [-0.25, -0.2) is 36.7 Å². The summed E-state index contributed by atoms with van der Waals surface area (Å²) in [5.41, 5.74) is 5.96. The number of carboxylic acid groups (broad SMARTS) is 2. The summed E-state index contributed by atoms with van der Waals surface area (Å²) in [5, 5.41) is 53.3. The molecule has 0 bridgehead atoms. The number of ether oxygens (including phenoxy) is 5. The minimum absolute atomic E-state index is 0.0746. The Labute approximate surface area is 401 Å². The summed E-state index contributed by atoms with van der Waals surface area (Å²) in [6, 6.07) is 7.35. The van der Waals surface area contributed by atoms with E-state index in [4.69, 9.17) is 35.9 Å². The fourth-order valence-corrected chi connectivity index (χ4v) is 5.68. The lowest BCUT2D eigenvalue weighted by molar-refractivity contribution is -0.387. The van der Waals surface area contributed by atoms with Crippen molar-refractivity contribution in [3.63, 3.8) is 0 Å². The molecule has 0 amide bonds. The number of aromatic carboxylic acids is 2. The van der Waals surface area contributed by atoms with Gasteiger partial charge in [0.25, 0.3) is 5.69 Å². The van der Waals surface area contributed by atoms with Gasteiger partial charge in [-0.3, -0.25) is 30.3 Å². The van der Waals surface area contributed by atoms with Gasteiger partial charge in [-0.15, -0.1) is 0 Å². The molecule has 0 radical (unpaired) electrons. The molecular weight excluding hydrogens is 988 g/mol. The van der Waals surface area contributed by atoms with Crippen LogP contribution in [0.2, 0.25) is 0 Å². The number of carbonyl (C=O) groups is 4. The van der Waals surface area contributed by atoms with Gasteiger partial charge in [-0.2, -0.15) is 8.78 Å². The minimum Gasteiger partial charge on any atom is -0.478 e. The van der Waals surface area contributed by atoms with Crippen molar-refractivity contribution in [3.05, 3.63) is 136 Å². The number of hydrogen-bond acceptors (Lipinski definition) is 19. The SMILES string of the molecule is COC(=O)c1ccc(N)c(NC[C@@H]2CCO2)c1F.COC(=O)c1ccc([N+](=O)[O-])c(NC[C@@H]2CCO2)c1F.NC[C@@H]1CCO1.O=C(O)c1ccc([N+](=O)[O-])c(F)c1F.O=C(O)c1ccc([N+](=O)[O-])c(F)c1F. The van der Waals surface area contributed by atoms with Gasteiger partial charge in [0, 0.05) is 57.7 Å². The average molecular weight is 1030 g/mol. The molecule has 3 aliphatic rings. The highest BCUT2D eigenvalue weighted by Crippen LogP contribution is 2.31. The summed E-state index contributed by atoms with van der Waals surface area (Å²) in [5.74, 6) is -13.7. The van der Waals surface area contributed by atoms with E-state index < -0.39 is 102 Å². The summed E-state index contributed by atoms with van der Waals surface area (Å²) in [6.07, 6.45) is 3.27. The van der Waals surface area contributed by atoms with Crippen LogP contribution in [0, 0.1) is 65.2 Å². The molecule has 0 unspecified atom stereocenters. The van der Waals surface area contributed by atoms with Crippen LogP contribution in [0.15, 0.2) is 48.5 Å². The van der Waals surface area contributed by atoms with Crippen molar-refractivity contribution in [1.82, 2.24) is 0 Å². The molecule has 7 rings (SSSR count). The number of carbonyl (C=O) groups excluding carboxylic acids is 2. The molecule has 3 fully saturated rings. The van der Waals surface area contributed by atoms with E-state index >= 15 is 0 Å². The Morgan fingerprint density at radius 3 is 1.21 bits per heavy atom. The van der Waals surface area contributed by atoms with Crippen LogP contribution < -0.4 is 22.1 Å².